The van der Waals surface area contributed by atoms with Crippen LogP contribution in [0.3, 0.4) is 0 Å². The minimum Gasteiger partial charge on any atom is -0.115 e. The van der Waals surface area contributed by atoms with Crippen molar-refractivity contribution < 1.29 is 0 Å². The molecule has 3 aromatic heterocycles. The molecule has 0 fully saturated rings. The van der Waals surface area contributed by atoms with Gasteiger partial charge in [0, 0.05) is 38.5 Å². The van der Waals surface area contributed by atoms with Crippen LogP contribution in [0, 0.1) is 107 Å². The number of fused-ring (bicyclic) bond motifs is 3. The van der Waals surface area contributed by atoms with Crippen molar-refractivity contribution >= 4 is 34.0 Å². The van der Waals surface area contributed by atoms with Gasteiger partial charge in [0.2, 0.25) is 0 Å². The van der Waals surface area contributed by atoms with Crippen LogP contribution in [0.15, 0.2) is 0 Å². The van der Waals surface area contributed by atoms with Gasteiger partial charge in [-0.3, -0.25) is 0 Å². The van der Waals surface area contributed by atoms with E-state index in [0.717, 1.165) is 140 Å². The molecule has 0 radical (unpaired) electrons. The van der Waals surface area contributed by atoms with Crippen LogP contribution in [-0.2, 0) is 0 Å². The first-order chi connectivity index (χ1) is 46.1. The van der Waals surface area contributed by atoms with E-state index in [1.165, 1.54) is 270 Å². The molecular formula is C90H126S3. The second kappa shape index (κ2) is 57.4. The highest BCUT2D eigenvalue weighted by Gasteiger charge is 2.20. The third-order valence-corrected chi connectivity index (χ3v) is 20.9. The van der Waals surface area contributed by atoms with Gasteiger partial charge in [0.15, 0.2) is 0 Å². The first-order valence-electron chi connectivity index (χ1n) is 39.1. The van der Waals surface area contributed by atoms with Crippen molar-refractivity contribution in [1.82, 2.24) is 0 Å². The van der Waals surface area contributed by atoms with Gasteiger partial charge in [-0.05, 0) is 38.5 Å². The first kappa shape index (κ1) is 80.6. The Morgan fingerprint density at radius 1 is 0.172 bits per heavy atom. The van der Waals surface area contributed by atoms with E-state index < -0.39 is 0 Å². The van der Waals surface area contributed by atoms with E-state index in [2.05, 4.69) is 148 Å². The summed E-state index contributed by atoms with van der Waals surface area (Å²) in [4.78, 5) is 5.74. The van der Waals surface area contributed by atoms with Crippen molar-refractivity contribution in [3.63, 3.8) is 0 Å². The van der Waals surface area contributed by atoms with Crippen molar-refractivity contribution in [2.24, 2.45) is 0 Å². The molecule has 0 N–H and O–H groups in total. The van der Waals surface area contributed by atoms with Crippen LogP contribution in [0.1, 0.15) is 451 Å². The number of thiophene rings is 3. The Balaban J connectivity index is 1.96. The zero-order chi connectivity index (χ0) is 66.0. The minimum absolute atomic E-state index is 0.867. The Hall–Kier alpha value is -4.86. The number of hydrogen-bond acceptors (Lipinski definition) is 3. The molecule has 3 heterocycles. The van der Waals surface area contributed by atoms with Crippen LogP contribution in [0.4, 0.5) is 0 Å². The monoisotopic (exact) mass is 1300 g/mol. The molecule has 0 saturated carbocycles. The lowest BCUT2D eigenvalue weighted by atomic mass is 10.0. The molecular weight excluding hydrogens is 1180 g/mol. The molecule has 0 unspecified atom stereocenters. The van der Waals surface area contributed by atoms with Crippen LogP contribution in [0.25, 0.3) is 0 Å². The van der Waals surface area contributed by atoms with Gasteiger partial charge in [0.05, 0.1) is 62.6 Å². The molecule has 0 spiro atoms. The lowest BCUT2D eigenvalue weighted by molar-refractivity contribution is 0.579. The molecule has 0 aliphatic heterocycles. The summed E-state index contributed by atoms with van der Waals surface area (Å²) in [6.07, 6.45) is 66.8. The largest absolute Gasteiger partial charge is 0.115 e. The van der Waals surface area contributed by atoms with Gasteiger partial charge in [-0.15, -0.1) is 34.0 Å². The van der Waals surface area contributed by atoms with E-state index >= 15 is 0 Å². The second-order valence-corrected chi connectivity index (χ2v) is 29.5. The maximum absolute atomic E-state index is 3.79. The fourth-order valence-corrected chi connectivity index (χ4v) is 14.7. The molecule has 0 aromatic carbocycles. The molecule has 93 heavy (non-hydrogen) atoms. The maximum Gasteiger partial charge on any atom is 0.0951 e. The first-order valence-corrected chi connectivity index (χ1v) is 41.5. The van der Waals surface area contributed by atoms with Crippen molar-refractivity contribution in [3.05, 3.63) is 62.6 Å². The molecule has 0 amide bonds. The summed E-state index contributed by atoms with van der Waals surface area (Å²) in [6, 6.07) is 0. The predicted molar refractivity (Wildman–Crippen MR) is 416 cm³/mol. The van der Waals surface area contributed by atoms with Crippen molar-refractivity contribution in [2.45, 2.75) is 388 Å². The molecule has 3 heteroatoms. The van der Waals surface area contributed by atoms with Gasteiger partial charge in [-0.2, -0.15) is 0 Å². The Kier molecular flexibility index (Phi) is 49.7. The molecule has 1 aliphatic carbocycles. The number of unbranched alkanes of at least 4 members (excludes halogenated alkanes) is 48. The Bertz CT molecular complexity index is 2560. The Labute approximate surface area is 587 Å². The summed E-state index contributed by atoms with van der Waals surface area (Å²) in [5, 5.41) is 0. The second-order valence-electron chi connectivity index (χ2n) is 26.4. The van der Waals surface area contributed by atoms with E-state index in [4.69, 9.17) is 0 Å². The van der Waals surface area contributed by atoms with Gasteiger partial charge in [-0.25, -0.2) is 0 Å². The summed E-state index contributed by atoms with van der Waals surface area (Å²) in [5.74, 6) is 66.9. The standard InChI is InChI=1S/C90H126S3/c1-7-13-19-25-31-37-43-49-55-61-67-85-79-73-74-81-83(89(71-65-59-53-47-41-35-29-23-17-11-5)92-87(81)69-63-57-51-45-39-33-27-21-15-9-3)77-78-84-82(76-75-80(79)86(91-85)68-62-56-50-44-38-32-26-20-14-8-2)88(70-64-58-52-46-40-34-28-22-16-10-4)93-90(84)72-66-60-54-48-42-36-30-24-18-12-6/h7-60H2,1-6H3. The zero-order valence-corrected chi connectivity index (χ0v) is 62.9. The van der Waals surface area contributed by atoms with Crippen LogP contribution in [0.5, 0.6) is 0 Å². The van der Waals surface area contributed by atoms with Gasteiger partial charge in [0.25, 0.3) is 0 Å². The lowest BCUT2D eigenvalue weighted by Crippen LogP contribution is -1.90. The van der Waals surface area contributed by atoms with Gasteiger partial charge in [-0.1, -0.05) is 418 Å². The summed E-state index contributed by atoms with van der Waals surface area (Å²) >= 11 is 5.05. The van der Waals surface area contributed by atoms with E-state index in [-0.39, 0.29) is 0 Å². The quantitative estimate of drug-likeness (QED) is 0.0305. The fourth-order valence-electron chi connectivity index (χ4n) is 11.9. The maximum atomic E-state index is 3.79. The SMILES string of the molecule is CCCCCCCCCCC#Cc1sc(C#CCCCCCCCCCC)c2c1C#Cc1c(C#CCCCCCCCCCC)sc(C#CCCCCCCCCCC)c1C#Cc1c(C#CCCCCCCCCCC)sc(C#CCCCCCCCCCC)c1C#C2. The lowest BCUT2D eigenvalue weighted by Gasteiger charge is -1.99. The van der Waals surface area contributed by atoms with Crippen molar-refractivity contribution in [3.8, 4) is 107 Å². The van der Waals surface area contributed by atoms with Gasteiger partial charge in [0.1, 0.15) is 0 Å². The molecule has 0 atom stereocenters. The summed E-state index contributed by atoms with van der Waals surface area (Å²) in [6.45, 7) is 13.8. The Morgan fingerprint density at radius 3 is 0.419 bits per heavy atom. The summed E-state index contributed by atoms with van der Waals surface area (Å²) in [7, 11) is 0. The predicted octanol–water partition coefficient (Wildman–Crippen LogP) is 27.7. The van der Waals surface area contributed by atoms with Gasteiger partial charge < -0.3 is 0 Å². The average Bonchev–Trinajstić information content (AvgIpc) is 1.65. The Morgan fingerprint density at radius 2 is 0.290 bits per heavy atom. The van der Waals surface area contributed by atoms with Crippen molar-refractivity contribution in [2.75, 3.05) is 0 Å². The minimum atomic E-state index is 0.867. The fraction of sp³-hybridized carbons (Fsp3) is 0.667. The highest BCUT2D eigenvalue weighted by Crippen LogP contribution is 2.33. The molecule has 3 aromatic rings. The van der Waals surface area contributed by atoms with E-state index in [1.807, 2.05) is 0 Å². The molecule has 0 nitrogen and oxygen atoms in total. The van der Waals surface area contributed by atoms with Crippen LogP contribution in [-0.4, -0.2) is 0 Å². The van der Waals surface area contributed by atoms with Crippen LogP contribution in [0.2, 0.25) is 0 Å². The topological polar surface area (TPSA) is 0 Å². The van der Waals surface area contributed by atoms with Gasteiger partial charge >= 0.3 is 0 Å². The summed E-state index contributed by atoms with van der Waals surface area (Å²) in [5.41, 5.74) is 5.26. The number of rotatable bonds is 48. The normalized spacial score (nSPS) is 10.8. The average molecular weight is 1300 g/mol. The summed E-state index contributed by atoms with van der Waals surface area (Å²) < 4.78 is 0. The molecule has 504 valence electrons. The third-order valence-electron chi connectivity index (χ3n) is 17.8. The molecule has 4 rings (SSSR count). The van der Waals surface area contributed by atoms with Crippen LogP contribution >= 0.6 is 34.0 Å². The molecule has 0 saturated heterocycles. The van der Waals surface area contributed by atoms with Crippen molar-refractivity contribution in [1.29, 1.82) is 0 Å². The molecule has 1 aliphatic rings. The van der Waals surface area contributed by atoms with E-state index in [9.17, 15) is 0 Å². The van der Waals surface area contributed by atoms with E-state index in [1.54, 1.807) is 34.0 Å². The smallest absolute Gasteiger partial charge is 0.0951 e. The van der Waals surface area contributed by atoms with E-state index in [0.29, 0.717) is 0 Å². The highest BCUT2D eigenvalue weighted by atomic mass is 32.1. The molecule has 0 bridgehead atoms. The number of hydrogen-bond donors (Lipinski definition) is 0. The third kappa shape index (κ3) is 37.3. The highest BCUT2D eigenvalue weighted by molar-refractivity contribution is 7.14. The zero-order valence-electron chi connectivity index (χ0n) is 60.4. The van der Waals surface area contributed by atoms with Crippen LogP contribution < -0.4 is 0 Å².